The van der Waals surface area contributed by atoms with Crippen molar-refractivity contribution in [3.63, 3.8) is 0 Å². The maximum atomic E-state index is 5.39. The van der Waals surface area contributed by atoms with E-state index in [9.17, 15) is 0 Å². The van der Waals surface area contributed by atoms with Gasteiger partial charge in [-0.2, -0.15) is 0 Å². The van der Waals surface area contributed by atoms with E-state index in [0.29, 0.717) is 11.4 Å². The average molecular weight is 301 g/mol. The average Bonchev–Trinajstić information content (AvgIpc) is 2.31. The molecule has 0 aliphatic carbocycles. The topological polar surface area (TPSA) is 52.0 Å². The number of hydrogen-bond donors (Lipinski definition) is 2. The SMILES string of the molecule is Cc1cccc(C)c1C.Cl.Cl.Nc1ccccc1N. The summed E-state index contributed by atoms with van der Waals surface area (Å²) in [5.41, 5.74) is 16.3. The van der Waals surface area contributed by atoms with Gasteiger partial charge in [0.15, 0.2) is 0 Å². The molecule has 19 heavy (non-hydrogen) atoms. The maximum absolute atomic E-state index is 5.39. The van der Waals surface area contributed by atoms with Crippen LogP contribution >= 0.6 is 24.8 Å². The fraction of sp³-hybridized carbons (Fsp3) is 0.200. The van der Waals surface area contributed by atoms with Crippen molar-refractivity contribution < 1.29 is 0 Å². The molecule has 0 radical (unpaired) electrons. The van der Waals surface area contributed by atoms with E-state index in [1.54, 1.807) is 12.1 Å². The van der Waals surface area contributed by atoms with Crippen LogP contribution in [-0.2, 0) is 0 Å². The second kappa shape index (κ2) is 9.54. The predicted octanol–water partition coefficient (Wildman–Crippen LogP) is 4.31. The summed E-state index contributed by atoms with van der Waals surface area (Å²) < 4.78 is 0. The summed E-state index contributed by atoms with van der Waals surface area (Å²) in [6.45, 7) is 6.44. The summed E-state index contributed by atoms with van der Waals surface area (Å²) in [7, 11) is 0. The van der Waals surface area contributed by atoms with Crippen LogP contribution in [0.1, 0.15) is 16.7 Å². The Morgan fingerprint density at radius 2 is 1.00 bits per heavy atom. The lowest BCUT2D eigenvalue weighted by Gasteiger charge is -2.00. The van der Waals surface area contributed by atoms with E-state index in [4.69, 9.17) is 11.5 Å². The summed E-state index contributed by atoms with van der Waals surface area (Å²) in [5.74, 6) is 0. The van der Waals surface area contributed by atoms with E-state index >= 15 is 0 Å². The number of anilines is 2. The van der Waals surface area contributed by atoms with Gasteiger partial charge >= 0.3 is 0 Å². The van der Waals surface area contributed by atoms with Gasteiger partial charge in [-0.05, 0) is 49.6 Å². The standard InChI is InChI=1S/C9H12.C6H8N2.2ClH/c1-7-5-4-6-8(2)9(7)3;7-5-3-1-2-4-6(5)8;;/h4-6H,1-3H3;1-4H,7-8H2;2*1H. The van der Waals surface area contributed by atoms with Gasteiger partial charge in [0.1, 0.15) is 0 Å². The van der Waals surface area contributed by atoms with Crippen LogP contribution in [0.15, 0.2) is 42.5 Å². The highest BCUT2D eigenvalue weighted by atomic mass is 35.5. The van der Waals surface area contributed by atoms with Gasteiger partial charge < -0.3 is 11.5 Å². The zero-order valence-electron chi connectivity index (χ0n) is 11.5. The van der Waals surface area contributed by atoms with Crippen molar-refractivity contribution in [3.8, 4) is 0 Å². The minimum Gasteiger partial charge on any atom is -0.397 e. The lowest BCUT2D eigenvalue weighted by Crippen LogP contribution is -1.91. The number of para-hydroxylation sites is 2. The molecule has 0 amide bonds. The Morgan fingerprint density at radius 3 is 1.26 bits per heavy atom. The molecular weight excluding hydrogens is 279 g/mol. The molecule has 2 nitrogen and oxygen atoms in total. The van der Waals surface area contributed by atoms with Crippen LogP contribution in [0.4, 0.5) is 11.4 Å². The minimum atomic E-state index is 0. The summed E-state index contributed by atoms with van der Waals surface area (Å²) in [4.78, 5) is 0. The van der Waals surface area contributed by atoms with E-state index in [2.05, 4.69) is 39.0 Å². The summed E-state index contributed by atoms with van der Waals surface area (Å²) in [6, 6.07) is 13.6. The Hall–Kier alpha value is -1.38. The molecule has 0 saturated carbocycles. The first kappa shape index (κ1) is 19.9. The third-order valence-electron chi connectivity index (χ3n) is 2.87. The van der Waals surface area contributed by atoms with Crippen molar-refractivity contribution in [2.45, 2.75) is 20.8 Å². The summed E-state index contributed by atoms with van der Waals surface area (Å²) in [6.07, 6.45) is 0. The Bertz CT molecular complexity index is 458. The molecule has 106 valence electrons. The third kappa shape index (κ3) is 6.37. The Kier molecular flexibility index (Phi) is 10.0. The second-order valence-electron chi connectivity index (χ2n) is 4.15. The zero-order chi connectivity index (χ0) is 12.8. The largest absolute Gasteiger partial charge is 0.397 e. The van der Waals surface area contributed by atoms with Crippen molar-refractivity contribution in [2.24, 2.45) is 0 Å². The molecule has 4 heteroatoms. The molecule has 0 saturated heterocycles. The van der Waals surface area contributed by atoms with E-state index in [-0.39, 0.29) is 24.8 Å². The lowest BCUT2D eigenvalue weighted by molar-refractivity contribution is 1.27. The maximum Gasteiger partial charge on any atom is 0.0547 e. The molecule has 0 aliphatic heterocycles. The molecule has 2 rings (SSSR count). The fourth-order valence-electron chi connectivity index (χ4n) is 1.41. The van der Waals surface area contributed by atoms with Gasteiger partial charge in [0.2, 0.25) is 0 Å². The van der Waals surface area contributed by atoms with Crippen LogP contribution in [0.5, 0.6) is 0 Å². The highest BCUT2D eigenvalue weighted by Gasteiger charge is 1.91. The number of benzene rings is 2. The first-order chi connectivity index (χ1) is 8.02. The van der Waals surface area contributed by atoms with Crippen molar-refractivity contribution >= 4 is 36.2 Å². The molecule has 4 N–H and O–H groups in total. The Balaban J connectivity index is 0. The highest BCUT2D eigenvalue weighted by molar-refractivity contribution is 5.85. The molecule has 2 aromatic rings. The van der Waals surface area contributed by atoms with Crippen LogP contribution in [0, 0.1) is 20.8 Å². The van der Waals surface area contributed by atoms with Crippen LogP contribution < -0.4 is 11.5 Å². The number of halogens is 2. The predicted molar refractivity (Wildman–Crippen MR) is 90.4 cm³/mol. The minimum absolute atomic E-state index is 0. The van der Waals surface area contributed by atoms with Gasteiger partial charge in [-0.3, -0.25) is 0 Å². The smallest absolute Gasteiger partial charge is 0.0547 e. The first-order valence-corrected chi connectivity index (χ1v) is 5.65. The molecule has 0 spiro atoms. The van der Waals surface area contributed by atoms with Crippen molar-refractivity contribution in [2.75, 3.05) is 11.5 Å². The zero-order valence-corrected chi connectivity index (χ0v) is 13.1. The molecule has 0 heterocycles. The second-order valence-corrected chi connectivity index (χ2v) is 4.15. The normalized spacial score (nSPS) is 8.37. The van der Waals surface area contributed by atoms with Crippen molar-refractivity contribution in [3.05, 3.63) is 59.2 Å². The monoisotopic (exact) mass is 300 g/mol. The molecule has 0 unspecified atom stereocenters. The van der Waals surface area contributed by atoms with Crippen LogP contribution in [0.3, 0.4) is 0 Å². The van der Waals surface area contributed by atoms with Crippen molar-refractivity contribution in [1.82, 2.24) is 0 Å². The van der Waals surface area contributed by atoms with E-state index in [1.807, 2.05) is 12.1 Å². The molecule has 0 aliphatic rings. The highest BCUT2D eigenvalue weighted by Crippen LogP contribution is 2.10. The number of aryl methyl sites for hydroxylation is 2. The van der Waals surface area contributed by atoms with Gasteiger partial charge in [-0.25, -0.2) is 0 Å². The number of nitrogen functional groups attached to an aromatic ring is 2. The first-order valence-electron chi connectivity index (χ1n) is 5.65. The molecular formula is C15H22Cl2N2. The lowest BCUT2D eigenvalue weighted by atomic mass is 10.1. The van der Waals surface area contributed by atoms with Crippen molar-refractivity contribution in [1.29, 1.82) is 0 Å². The fourth-order valence-corrected chi connectivity index (χ4v) is 1.41. The van der Waals surface area contributed by atoms with Gasteiger partial charge in [-0.15, -0.1) is 24.8 Å². The number of rotatable bonds is 0. The quantitative estimate of drug-likeness (QED) is 0.713. The number of nitrogens with two attached hydrogens (primary N) is 2. The van der Waals surface area contributed by atoms with Gasteiger partial charge in [0, 0.05) is 0 Å². The summed E-state index contributed by atoms with van der Waals surface area (Å²) >= 11 is 0. The van der Waals surface area contributed by atoms with Gasteiger partial charge in [0.05, 0.1) is 11.4 Å². The number of hydrogen-bond acceptors (Lipinski definition) is 2. The molecule has 0 bridgehead atoms. The van der Waals surface area contributed by atoms with E-state index in [0.717, 1.165) is 0 Å². The van der Waals surface area contributed by atoms with Crippen LogP contribution in [-0.4, -0.2) is 0 Å². The van der Waals surface area contributed by atoms with Gasteiger partial charge in [0.25, 0.3) is 0 Å². The molecule has 0 atom stereocenters. The molecule has 2 aromatic carbocycles. The van der Waals surface area contributed by atoms with Crippen LogP contribution in [0.25, 0.3) is 0 Å². The van der Waals surface area contributed by atoms with Crippen LogP contribution in [0.2, 0.25) is 0 Å². The Morgan fingerprint density at radius 1 is 0.632 bits per heavy atom. The molecule has 0 aromatic heterocycles. The summed E-state index contributed by atoms with van der Waals surface area (Å²) in [5, 5.41) is 0. The molecule has 0 fully saturated rings. The third-order valence-corrected chi connectivity index (χ3v) is 2.87. The van der Waals surface area contributed by atoms with E-state index in [1.165, 1.54) is 16.7 Å². The van der Waals surface area contributed by atoms with E-state index < -0.39 is 0 Å². The Labute approximate surface area is 128 Å². The van der Waals surface area contributed by atoms with Gasteiger partial charge in [-0.1, -0.05) is 30.3 Å².